The number of hydrogen-bond donors (Lipinski definition) is 0. The van der Waals surface area contributed by atoms with Crippen molar-refractivity contribution in [2.45, 2.75) is 33.1 Å². The van der Waals surface area contributed by atoms with Crippen molar-refractivity contribution in [3.05, 3.63) is 23.7 Å². The van der Waals surface area contributed by atoms with E-state index in [1.54, 1.807) is 17.9 Å². The molecule has 20 heavy (non-hydrogen) atoms. The van der Waals surface area contributed by atoms with E-state index >= 15 is 0 Å². The van der Waals surface area contributed by atoms with E-state index in [1.165, 1.54) is 0 Å². The Labute approximate surface area is 118 Å². The number of piperidine rings is 1. The molecule has 1 aliphatic rings. The Morgan fingerprint density at radius 3 is 2.85 bits per heavy atom. The number of aryl methyl sites for hydroxylation is 1. The minimum Gasteiger partial charge on any atom is -0.466 e. The molecule has 1 amide bonds. The molecule has 5 heteroatoms. The molecule has 1 saturated heterocycles. The summed E-state index contributed by atoms with van der Waals surface area (Å²) in [6.07, 6.45) is 2.36. The highest BCUT2D eigenvalue weighted by Gasteiger charge is 2.30. The first-order chi connectivity index (χ1) is 9.65. The van der Waals surface area contributed by atoms with Gasteiger partial charge in [0.05, 0.1) is 12.5 Å². The molecule has 0 radical (unpaired) electrons. The third kappa shape index (κ3) is 3.21. The average molecular weight is 279 g/mol. The van der Waals surface area contributed by atoms with Crippen molar-refractivity contribution in [2.24, 2.45) is 5.92 Å². The fourth-order valence-electron chi connectivity index (χ4n) is 2.45. The zero-order chi connectivity index (χ0) is 14.5. The second-order valence-corrected chi connectivity index (χ2v) is 4.96. The second kappa shape index (κ2) is 6.59. The number of carbonyl (C=O) groups is 2. The number of likely N-dealkylation sites (tertiary alicyclic amines) is 1. The van der Waals surface area contributed by atoms with E-state index in [0.29, 0.717) is 25.5 Å². The molecule has 2 rings (SSSR count). The van der Waals surface area contributed by atoms with E-state index in [0.717, 1.165) is 25.0 Å². The topological polar surface area (TPSA) is 59.8 Å². The fraction of sp³-hybridized carbons (Fsp3) is 0.600. The zero-order valence-electron chi connectivity index (χ0n) is 12.1. The quantitative estimate of drug-likeness (QED) is 0.793. The van der Waals surface area contributed by atoms with Crippen molar-refractivity contribution in [2.75, 3.05) is 19.7 Å². The van der Waals surface area contributed by atoms with Crippen LogP contribution < -0.4 is 0 Å². The summed E-state index contributed by atoms with van der Waals surface area (Å²) < 4.78 is 10.5. The van der Waals surface area contributed by atoms with Gasteiger partial charge in [0, 0.05) is 19.5 Å². The van der Waals surface area contributed by atoms with Crippen LogP contribution in [0.15, 0.2) is 16.5 Å². The molecular formula is C15H21NO4. The van der Waals surface area contributed by atoms with Crippen LogP contribution in [0.3, 0.4) is 0 Å². The van der Waals surface area contributed by atoms with E-state index in [-0.39, 0.29) is 17.8 Å². The first-order valence-electron chi connectivity index (χ1n) is 7.20. The van der Waals surface area contributed by atoms with Crippen LogP contribution in [0.1, 0.15) is 43.0 Å². The number of amides is 1. The Morgan fingerprint density at radius 2 is 2.20 bits per heavy atom. The first-order valence-corrected chi connectivity index (χ1v) is 7.20. The minimum absolute atomic E-state index is 0.140. The first kappa shape index (κ1) is 14.6. The molecule has 0 N–H and O–H groups in total. The summed E-state index contributed by atoms with van der Waals surface area (Å²) in [5.74, 6) is 0.587. The summed E-state index contributed by atoms with van der Waals surface area (Å²) in [5, 5.41) is 0. The summed E-state index contributed by atoms with van der Waals surface area (Å²) >= 11 is 0. The Morgan fingerprint density at radius 1 is 1.40 bits per heavy atom. The zero-order valence-corrected chi connectivity index (χ0v) is 12.1. The van der Waals surface area contributed by atoms with Crippen LogP contribution >= 0.6 is 0 Å². The molecule has 0 spiro atoms. The highest BCUT2D eigenvalue weighted by atomic mass is 16.5. The smallest absolute Gasteiger partial charge is 0.310 e. The molecule has 1 aromatic rings. The van der Waals surface area contributed by atoms with Gasteiger partial charge < -0.3 is 14.1 Å². The minimum atomic E-state index is -0.215. The van der Waals surface area contributed by atoms with Gasteiger partial charge in [0.25, 0.3) is 5.91 Å². The van der Waals surface area contributed by atoms with Crippen molar-refractivity contribution in [1.29, 1.82) is 0 Å². The van der Waals surface area contributed by atoms with Crippen LogP contribution in [0.5, 0.6) is 0 Å². The van der Waals surface area contributed by atoms with Crippen molar-refractivity contribution >= 4 is 11.9 Å². The number of rotatable bonds is 4. The summed E-state index contributed by atoms with van der Waals surface area (Å²) in [6.45, 7) is 5.22. The van der Waals surface area contributed by atoms with Crippen LogP contribution in [0, 0.1) is 5.92 Å². The predicted octanol–water partition coefficient (Wildman–Crippen LogP) is 2.26. The van der Waals surface area contributed by atoms with Crippen LogP contribution in [-0.4, -0.2) is 36.5 Å². The third-order valence-corrected chi connectivity index (χ3v) is 3.55. The van der Waals surface area contributed by atoms with Crippen LogP contribution in [0.25, 0.3) is 0 Å². The number of hydrogen-bond acceptors (Lipinski definition) is 4. The molecular weight excluding hydrogens is 258 g/mol. The maximum absolute atomic E-state index is 12.3. The molecule has 2 heterocycles. The van der Waals surface area contributed by atoms with E-state index in [9.17, 15) is 9.59 Å². The van der Waals surface area contributed by atoms with Crippen LogP contribution in [0.2, 0.25) is 0 Å². The van der Waals surface area contributed by atoms with Gasteiger partial charge in [-0.15, -0.1) is 0 Å². The number of esters is 1. The van der Waals surface area contributed by atoms with Crippen molar-refractivity contribution in [3.8, 4) is 0 Å². The highest BCUT2D eigenvalue weighted by Crippen LogP contribution is 2.20. The lowest BCUT2D eigenvalue weighted by Gasteiger charge is -2.30. The van der Waals surface area contributed by atoms with Gasteiger partial charge in [0.15, 0.2) is 5.76 Å². The third-order valence-electron chi connectivity index (χ3n) is 3.55. The van der Waals surface area contributed by atoms with Crippen LogP contribution in [0.4, 0.5) is 0 Å². The van der Waals surface area contributed by atoms with E-state index in [2.05, 4.69) is 0 Å². The van der Waals surface area contributed by atoms with Gasteiger partial charge in [-0.3, -0.25) is 9.59 Å². The Kier molecular flexibility index (Phi) is 4.82. The number of nitrogens with zero attached hydrogens (tertiary/aromatic N) is 1. The van der Waals surface area contributed by atoms with Gasteiger partial charge in [-0.2, -0.15) is 0 Å². The van der Waals surface area contributed by atoms with Gasteiger partial charge >= 0.3 is 5.97 Å². The summed E-state index contributed by atoms with van der Waals surface area (Å²) in [4.78, 5) is 25.8. The van der Waals surface area contributed by atoms with Gasteiger partial charge in [0.1, 0.15) is 5.76 Å². The molecule has 1 aromatic heterocycles. The standard InChI is InChI=1S/C15H21NO4/c1-3-12-7-8-13(20-12)14(17)16-9-5-6-11(10-16)15(18)19-4-2/h7-8,11H,3-6,9-10H2,1-2H3/t11-/m1/s1. The molecule has 0 aromatic carbocycles. The van der Waals surface area contributed by atoms with Crippen molar-refractivity contribution < 1.29 is 18.7 Å². The Bertz CT molecular complexity index is 480. The molecule has 0 saturated carbocycles. The SMILES string of the molecule is CCOC(=O)[C@@H]1CCCN(C(=O)c2ccc(CC)o2)C1. The monoisotopic (exact) mass is 279 g/mol. The molecule has 1 fully saturated rings. The lowest BCUT2D eigenvalue weighted by atomic mass is 9.98. The summed E-state index contributed by atoms with van der Waals surface area (Å²) in [6, 6.07) is 3.52. The second-order valence-electron chi connectivity index (χ2n) is 4.96. The number of ether oxygens (including phenoxy) is 1. The Balaban J connectivity index is 2.01. The van der Waals surface area contributed by atoms with E-state index in [1.807, 2.05) is 13.0 Å². The molecule has 1 aliphatic heterocycles. The molecule has 1 atom stereocenters. The van der Waals surface area contributed by atoms with E-state index in [4.69, 9.17) is 9.15 Å². The molecule has 110 valence electrons. The largest absolute Gasteiger partial charge is 0.466 e. The average Bonchev–Trinajstić information content (AvgIpc) is 2.96. The van der Waals surface area contributed by atoms with E-state index < -0.39 is 0 Å². The van der Waals surface area contributed by atoms with Crippen molar-refractivity contribution in [1.82, 2.24) is 4.90 Å². The maximum atomic E-state index is 12.3. The molecule has 0 unspecified atom stereocenters. The maximum Gasteiger partial charge on any atom is 0.310 e. The lowest BCUT2D eigenvalue weighted by molar-refractivity contribution is -0.149. The lowest BCUT2D eigenvalue weighted by Crippen LogP contribution is -2.42. The Hall–Kier alpha value is -1.78. The fourth-order valence-corrected chi connectivity index (χ4v) is 2.45. The molecule has 0 bridgehead atoms. The normalized spacial score (nSPS) is 18.9. The molecule has 5 nitrogen and oxygen atoms in total. The summed E-state index contributed by atoms with van der Waals surface area (Å²) in [5.41, 5.74) is 0. The number of carbonyl (C=O) groups excluding carboxylic acids is 2. The van der Waals surface area contributed by atoms with Gasteiger partial charge in [-0.05, 0) is 31.9 Å². The van der Waals surface area contributed by atoms with Gasteiger partial charge in [-0.1, -0.05) is 6.92 Å². The highest BCUT2D eigenvalue weighted by molar-refractivity contribution is 5.92. The van der Waals surface area contributed by atoms with Crippen molar-refractivity contribution in [3.63, 3.8) is 0 Å². The van der Waals surface area contributed by atoms with Gasteiger partial charge in [-0.25, -0.2) is 0 Å². The number of furan rings is 1. The van der Waals surface area contributed by atoms with Gasteiger partial charge in [0.2, 0.25) is 0 Å². The van der Waals surface area contributed by atoms with Crippen LogP contribution in [-0.2, 0) is 16.0 Å². The summed E-state index contributed by atoms with van der Waals surface area (Å²) in [7, 11) is 0. The molecule has 0 aliphatic carbocycles. The predicted molar refractivity (Wildman–Crippen MR) is 73.3 cm³/mol.